The summed E-state index contributed by atoms with van der Waals surface area (Å²) in [7, 11) is 0. The summed E-state index contributed by atoms with van der Waals surface area (Å²) in [6, 6.07) is 12.3. The second-order valence-electron chi connectivity index (χ2n) is 11.7. The van der Waals surface area contributed by atoms with Gasteiger partial charge in [0.2, 0.25) is 0 Å². The molecule has 0 saturated carbocycles. The second kappa shape index (κ2) is 12.5. The third kappa shape index (κ3) is 6.35. The van der Waals surface area contributed by atoms with Crippen LogP contribution in [0.5, 0.6) is 0 Å². The Morgan fingerprint density at radius 1 is 0.787 bits per heavy atom. The molecule has 7 rings (SSSR count). The number of pyridine rings is 4. The van der Waals surface area contributed by atoms with Crippen molar-refractivity contribution in [3.8, 4) is 0 Å². The molecule has 7 heterocycles. The third-order valence-electron chi connectivity index (χ3n) is 8.01. The standard InChI is InChI=1S/C35H34N12/c1-21(2)46-34(42-31(44-46)12-10-28-8-6-26-14-15-36-20-30(26)40-28)23(4)38-18-25-16-27-7-9-29(41-33(27)39-19-25)11-13-32-43-35-24(5)37-17-22(3)47(35)45-32/h6-9,14-17,19-20H,1,10-13,18H2,2-5H3. The number of hydrogen-bond acceptors (Lipinski definition) is 10. The summed E-state index contributed by atoms with van der Waals surface area (Å²) in [5, 5.41) is 11.4. The summed E-state index contributed by atoms with van der Waals surface area (Å²) in [5.41, 5.74) is 8.66. The topological polar surface area (TPSA) is 138 Å². The quantitative estimate of drug-likeness (QED) is 0.186. The van der Waals surface area contributed by atoms with Crippen LogP contribution in [-0.2, 0) is 32.2 Å². The fourth-order valence-corrected chi connectivity index (χ4v) is 5.43. The number of nitrogens with zero attached hydrogens (tertiary/aromatic N) is 12. The van der Waals surface area contributed by atoms with E-state index < -0.39 is 0 Å². The minimum Gasteiger partial charge on any atom is -0.281 e. The third-order valence-corrected chi connectivity index (χ3v) is 8.01. The minimum atomic E-state index is 0.456. The van der Waals surface area contributed by atoms with Crippen LogP contribution in [0.3, 0.4) is 0 Å². The van der Waals surface area contributed by atoms with Crippen LogP contribution in [0.2, 0.25) is 0 Å². The fourth-order valence-electron chi connectivity index (χ4n) is 5.43. The van der Waals surface area contributed by atoms with Gasteiger partial charge in [-0.15, -0.1) is 0 Å². The lowest BCUT2D eigenvalue weighted by Crippen LogP contribution is -2.08. The van der Waals surface area contributed by atoms with Gasteiger partial charge in [0.1, 0.15) is 0 Å². The van der Waals surface area contributed by atoms with Gasteiger partial charge in [-0.25, -0.2) is 29.1 Å². The van der Waals surface area contributed by atoms with Crippen molar-refractivity contribution in [3.05, 3.63) is 114 Å². The maximum atomic E-state index is 4.84. The molecule has 12 heteroatoms. The molecule has 7 aromatic heterocycles. The number of aryl methyl sites for hydroxylation is 6. The summed E-state index contributed by atoms with van der Waals surface area (Å²) >= 11 is 0. The Hall–Kier alpha value is -5.78. The number of fused-ring (bicyclic) bond motifs is 3. The fraction of sp³-hybridized carbons (Fsp3) is 0.257. The van der Waals surface area contributed by atoms with Crippen molar-refractivity contribution in [2.24, 2.45) is 4.99 Å². The molecule has 0 aromatic carbocycles. The zero-order valence-electron chi connectivity index (χ0n) is 26.9. The summed E-state index contributed by atoms with van der Waals surface area (Å²) in [4.78, 5) is 37.1. The van der Waals surface area contributed by atoms with Gasteiger partial charge in [-0.3, -0.25) is 19.9 Å². The van der Waals surface area contributed by atoms with Gasteiger partial charge in [0.15, 0.2) is 28.8 Å². The maximum absolute atomic E-state index is 4.84. The van der Waals surface area contributed by atoms with Crippen LogP contribution in [0, 0.1) is 13.8 Å². The Morgan fingerprint density at radius 3 is 2.34 bits per heavy atom. The van der Waals surface area contributed by atoms with Crippen molar-refractivity contribution in [2.45, 2.75) is 59.9 Å². The minimum absolute atomic E-state index is 0.456. The van der Waals surface area contributed by atoms with Crippen LogP contribution < -0.4 is 0 Å². The number of hydrogen-bond donors (Lipinski definition) is 0. The van der Waals surface area contributed by atoms with Crippen molar-refractivity contribution in [1.29, 1.82) is 0 Å². The van der Waals surface area contributed by atoms with E-state index in [0.717, 1.165) is 73.3 Å². The molecule has 0 fully saturated rings. The lowest BCUT2D eigenvalue weighted by atomic mass is 10.1. The number of aliphatic imine (C=N–C) groups is 1. The molecule has 0 N–H and O–H groups in total. The van der Waals surface area contributed by atoms with E-state index in [-0.39, 0.29) is 0 Å². The zero-order valence-corrected chi connectivity index (χ0v) is 26.9. The van der Waals surface area contributed by atoms with Crippen LogP contribution in [0.25, 0.3) is 33.3 Å². The summed E-state index contributed by atoms with van der Waals surface area (Å²) < 4.78 is 3.61. The van der Waals surface area contributed by atoms with Crippen LogP contribution in [0.4, 0.5) is 0 Å². The first-order chi connectivity index (χ1) is 22.8. The van der Waals surface area contributed by atoms with E-state index in [1.54, 1.807) is 17.1 Å². The monoisotopic (exact) mass is 622 g/mol. The number of rotatable bonds is 10. The maximum Gasteiger partial charge on any atom is 0.177 e. The van der Waals surface area contributed by atoms with Gasteiger partial charge in [-0.2, -0.15) is 10.2 Å². The highest BCUT2D eigenvalue weighted by molar-refractivity contribution is 5.96. The average molecular weight is 623 g/mol. The van der Waals surface area contributed by atoms with Gasteiger partial charge >= 0.3 is 0 Å². The highest BCUT2D eigenvalue weighted by Gasteiger charge is 2.15. The van der Waals surface area contributed by atoms with Gasteiger partial charge < -0.3 is 0 Å². The number of allylic oxidation sites excluding steroid dienone is 1. The van der Waals surface area contributed by atoms with E-state index in [0.29, 0.717) is 43.7 Å². The van der Waals surface area contributed by atoms with Crippen molar-refractivity contribution >= 4 is 39.0 Å². The highest BCUT2D eigenvalue weighted by Crippen LogP contribution is 2.17. The van der Waals surface area contributed by atoms with E-state index in [1.165, 1.54) is 0 Å². The normalized spacial score (nSPS) is 12.0. The Bertz CT molecular complexity index is 2270. The molecular formula is C35H34N12. The SMILES string of the molecule is C=C(C)n1nc(CCc2ccc3ccncc3n2)nc1C(C)=NCc1cnc2nc(CCc3nc4c(C)ncc(C)n4n3)ccc2c1. The Kier molecular flexibility index (Phi) is 7.98. The van der Waals surface area contributed by atoms with Crippen molar-refractivity contribution in [1.82, 2.24) is 54.3 Å². The van der Waals surface area contributed by atoms with Crippen molar-refractivity contribution < 1.29 is 0 Å². The molecule has 0 aliphatic heterocycles. The first kappa shape index (κ1) is 29.9. The highest BCUT2D eigenvalue weighted by atomic mass is 15.4. The van der Waals surface area contributed by atoms with Gasteiger partial charge in [0.05, 0.1) is 35.4 Å². The van der Waals surface area contributed by atoms with E-state index >= 15 is 0 Å². The molecular weight excluding hydrogens is 588 g/mol. The van der Waals surface area contributed by atoms with E-state index in [4.69, 9.17) is 25.0 Å². The summed E-state index contributed by atoms with van der Waals surface area (Å²) in [6.07, 6.45) is 9.97. The lowest BCUT2D eigenvalue weighted by molar-refractivity contribution is 0.807. The molecule has 0 radical (unpaired) electrons. The predicted molar refractivity (Wildman–Crippen MR) is 181 cm³/mol. The van der Waals surface area contributed by atoms with Gasteiger partial charge in [0, 0.05) is 59.3 Å². The van der Waals surface area contributed by atoms with Crippen LogP contribution >= 0.6 is 0 Å². The lowest BCUT2D eigenvalue weighted by Gasteiger charge is -2.05. The Morgan fingerprint density at radius 2 is 1.55 bits per heavy atom. The van der Waals surface area contributed by atoms with E-state index in [9.17, 15) is 0 Å². The molecule has 0 saturated heterocycles. The molecule has 0 aliphatic rings. The zero-order chi connectivity index (χ0) is 32.5. The molecule has 234 valence electrons. The number of aromatic nitrogens is 11. The Balaban J connectivity index is 1.02. The predicted octanol–water partition coefficient (Wildman–Crippen LogP) is 5.29. The smallest absolute Gasteiger partial charge is 0.177 e. The first-order valence-electron chi connectivity index (χ1n) is 15.6. The van der Waals surface area contributed by atoms with Crippen LogP contribution in [0.15, 0.2) is 72.8 Å². The second-order valence-corrected chi connectivity index (χ2v) is 11.7. The molecule has 47 heavy (non-hydrogen) atoms. The largest absolute Gasteiger partial charge is 0.281 e. The molecule has 7 aromatic rings. The summed E-state index contributed by atoms with van der Waals surface area (Å²) in [6.45, 7) is 12.3. The molecule has 0 spiro atoms. The van der Waals surface area contributed by atoms with Crippen LogP contribution in [-0.4, -0.2) is 60.0 Å². The Labute approximate surface area is 271 Å². The average Bonchev–Trinajstić information content (AvgIpc) is 3.73. The molecule has 0 unspecified atom stereocenters. The van der Waals surface area contributed by atoms with Gasteiger partial charge in [-0.05, 0) is 76.4 Å². The van der Waals surface area contributed by atoms with Gasteiger partial charge in [-0.1, -0.05) is 12.6 Å². The van der Waals surface area contributed by atoms with E-state index in [2.05, 4.69) is 49.8 Å². The molecule has 0 aliphatic carbocycles. The molecule has 0 atom stereocenters. The van der Waals surface area contributed by atoms with Crippen molar-refractivity contribution in [2.75, 3.05) is 0 Å². The van der Waals surface area contributed by atoms with E-state index in [1.807, 2.05) is 62.8 Å². The first-order valence-corrected chi connectivity index (χ1v) is 15.6. The van der Waals surface area contributed by atoms with Crippen LogP contribution in [0.1, 0.15) is 59.7 Å². The van der Waals surface area contributed by atoms with Gasteiger partial charge in [0.25, 0.3) is 0 Å². The summed E-state index contributed by atoms with van der Waals surface area (Å²) in [5.74, 6) is 2.18. The molecule has 0 amide bonds. The molecule has 12 nitrogen and oxygen atoms in total. The molecule has 0 bridgehead atoms. The van der Waals surface area contributed by atoms with Crippen molar-refractivity contribution in [3.63, 3.8) is 0 Å².